The van der Waals surface area contributed by atoms with E-state index in [0.29, 0.717) is 11.1 Å². The second-order valence-electron chi connectivity index (χ2n) is 6.75. The van der Waals surface area contributed by atoms with Gasteiger partial charge in [0, 0.05) is 0 Å². The van der Waals surface area contributed by atoms with Gasteiger partial charge in [-0.05, 0) is 31.9 Å². The van der Waals surface area contributed by atoms with Crippen molar-refractivity contribution >= 4 is 23.1 Å². The molecule has 3 rings (SSSR count). The number of carbonyl (C=O) groups excluding carboxylic acids is 2. The lowest BCUT2D eigenvalue weighted by atomic mass is 9.89. The molecule has 2 atom stereocenters. The number of hydrogen-bond acceptors (Lipinski definition) is 5. The van der Waals surface area contributed by atoms with Crippen molar-refractivity contribution in [1.82, 2.24) is 9.88 Å². The van der Waals surface area contributed by atoms with Gasteiger partial charge < -0.3 is 9.15 Å². The molecule has 1 aliphatic heterocycles. The molecule has 6 nitrogen and oxygen atoms in total. The molecule has 2 amide bonds. The van der Waals surface area contributed by atoms with Crippen LogP contribution in [0.25, 0.3) is 11.1 Å². The fourth-order valence-corrected chi connectivity index (χ4v) is 3.31. The molecule has 0 N–H and O–H groups in total. The number of para-hydroxylation sites is 2. The van der Waals surface area contributed by atoms with Crippen molar-refractivity contribution in [3.63, 3.8) is 0 Å². The Balaban J connectivity index is 1.93. The van der Waals surface area contributed by atoms with Gasteiger partial charge in [0.05, 0.1) is 6.04 Å². The number of aromatic nitrogens is 1. The minimum atomic E-state index is -2.17. The normalized spacial score (nSPS) is 21.3. The van der Waals surface area contributed by atoms with E-state index < -0.39 is 29.8 Å². The lowest BCUT2D eigenvalue weighted by Crippen LogP contribution is -2.49. The Morgan fingerprint density at radius 2 is 2.00 bits per heavy atom. The number of amides is 2. The summed E-state index contributed by atoms with van der Waals surface area (Å²) in [6, 6.07) is 6.18. The van der Waals surface area contributed by atoms with Gasteiger partial charge in [0.1, 0.15) is 11.1 Å². The molecule has 0 spiro atoms. The zero-order valence-corrected chi connectivity index (χ0v) is 13.9. The number of alkyl halides is 1. The zero-order valence-electron chi connectivity index (χ0n) is 13.9. The van der Waals surface area contributed by atoms with Crippen molar-refractivity contribution in [3.05, 3.63) is 30.2 Å². The van der Waals surface area contributed by atoms with Crippen molar-refractivity contribution in [2.75, 3.05) is 0 Å². The van der Waals surface area contributed by atoms with Crippen LogP contribution >= 0.6 is 0 Å². The smallest absolute Gasteiger partial charge is 0.417 e. The summed E-state index contributed by atoms with van der Waals surface area (Å²) in [5.74, 6) is -1.47. The van der Waals surface area contributed by atoms with Crippen LogP contribution in [0.2, 0.25) is 0 Å². The number of oxazole rings is 1. The molecule has 1 aromatic heterocycles. The van der Waals surface area contributed by atoms with Gasteiger partial charge in [-0.25, -0.2) is 19.1 Å². The van der Waals surface area contributed by atoms with Crippen LogP contribution in [-0.2, 0) is 9.53 Å². The molecule has 0 unspecified atom stereocenters. The molecule has 0 bridgehead atoms. The second kappa shape index (κ2) is 5.58. The number of imide groups is 1. The quantitative estimate of drug-likeness (QED) is 0.857. The van der Waals surface area contributed by atoms with Crippen LogP contribution in [-0.4, -0.2) is 33.5 Å². The first-order valence-corrected chi connectivity index (χ1v) is 7.78. The highest BCUT2D eigenvalue weighted by Crippen LogP contribution is 2.36. The third-order valence-corrected chi connectivity index (χ3v) is 4.15. The van der Waals surface area contributed by atoms with Crippen molar-refractivity contribution in [1.29, 1.82) is 0 Å². The van der Waals surface area contributed by atoms with Crippen LogP contribution in [0.1, 0.15) is 39.8 Å². The molecule has 2 heterocycles. The van der Waals surface area contributed by atoms with E-state index in [4.69, 9.17) is 9.15 Å². The molecule has 0 saturated carbocycles. The van der Waals surface area contributed by atoms with Crippen LogP contribution in [0, 0.1) is 5.92 Å². The van der Waals surface area contributed by atoms with E-state index in [1.165, 1.54) is 0 Å². The maximum Gasteiger partial charge on any atom is 0.417 e. The number of halogens is 1. The first-order chi connectivity index (χ1) is 11.2. The first-order valence-electron chi connectivity index (χ1n) is 7.78. The predicted octanol–water partition coefficient (Wildman–Crippen LogP) is 3.62. The summed E-state index contributed by atoms with van der Waals surface area (Å²) in [4.78, 5) is 29.6. The third kappa shape index (κ3) is 2.53. The van der Waals surface area contributed by atoms with Crippen molar-refractivity contribution in [2.24, 2.45) is 5.92 Å². The van der Waals surface area contributed by atoms with E-state index in [1.54, 1.807) is 38.1 Å². The van der Waals surface area contributed by atoms with E-state index in [1.807, 2.05) is 13.8 Å². The molecule has 1 saturated heterocycles. The van der Waals surface area contributed by atoms with Crippen molar-refractivity contribution in [3.8, 4) is 0 Å². The third-order valence-electron chi connectivity index (χ3n) is 4.15. The van der Waals surface area contributed by atoms with Gasteiger partial charge in [-0.3, -0.25) is 4.79 Å². The first kappa shape index (κ1) is 16.4. The Kier molecular flexibility index (Phi) is 3.81. The minimum absolute atomic E-state index is 0.0915. The Morgan fingerprint density at radius 1 is 1.33 bits per heavy atom. The van der Waals surface area contributed by atoms with Gasteiger partial charge >= 0.3 is 6.09 Å². The lowest BCUT2D eigenvalue weighted by molar-refractivity contribution is -0.136. The van der Waals surface area contributed by atoms with Crippen LogP contribution in [0.3, 0.4) is 0 Å². The second-order valence-corrected chi connectivity index (χ2v) is 6.75. The van der Waals surface area contributed by atoms with Crippen LogP contribution in [0.5, 0.6) is 0 Å². The number of hydrogen-bond donors (Lipinski definition) is 0. The largest absolute Gasteiger partial charge is 0.441 e. The maximum absolute atomic E-state index is 14.7. The summed E-state index contributed by atoms with van der Waals surface area (Å²) in [6.07, 6.45) is -3.01. The summed E-state index contributed by atoms with van der Waals surface area (Å²) in [5, 5.41) is 0. The number of fused-ring (bicyclic) bond motifs is 1. The van der Waals surface area contributed by atoms with Crippen LogP contribution in [0.15, 0.2) is 28.7 Å². The molecule has 128 valence electrons. The number of nitrogens with zero attached hydrogens (tertiary/aromatic N) is 2. The van der Waals surface area contributed by atoms with Crippen LogP contribution < -0.4 is 0 Å². The molecule has 1 aromatic carbocycles. The molecular weight excluding hydrogens is 315 g/mol. The van der Waals surface area contributed by atoms with E-state index >= 15 is 0 Å². The Hall–Kier alpha value is -2.44. The molecule has 1 fully saturated rings. The summed E-state index contributed by atoms with van der Waals surface area (Å²) in [5.41, 5.74) is -0.0533. The Labute approximate surface area is 138 Å². The molecule has 24 heavy (non-hydrogen) atoms. The number of carbonyl (C=O) groups is 2. The van der Waals surface area contributed by atoms with Crippen LogP contribution in [0.4, 0.5) is 9.18 Å². The SMILES string of the molecule is CC(C)[C@@H]1N(C(=O)[C@@H](F)c2nc3ccccc3o2)C(=O)OC1(C)C. The highest BCUT2D eigenvalue weighted by molar-refractivity contribution is 5.96. The van der Waals surface area contributed by atoms with Gasteiger partial charge in [0.2, 0.25) is 5.89 Å². The predicted molar refractivity (Wildman–Crippen MR) is 83.9 cm³/mol. The fourth-order valence-electron chi connectivity index (χ4n) is 3.31. The number of cyclic esters (lactones) is 1. The van der Waals surface area contributed by atoms with Gasteiger partial charge in [-0.2, -0.15) is 0 Å². The highest BCUT2D eigenvalue weighted by Gasteiger charge is 2.53. The van der Waals surface area contributed by atoms with Gasteiger partial charge in [0.25, 0.3) is 12.1 Å². The molecule has 2 aromatic rings. The van der Waals surface area contributed by atoms with E-state index in [-0.39, 0.29) is 11.8 Å². The van der Waals surface area contributed by atoms with Crippen molar-refractivity contribution in [2.45, 2.75) is 45.5 Å². The number of benzene rings is 1. The minimum Gasteiger partial charge on any atom is -0.441 e. The summed E-state index contributed by atoms with van der Waals surface area (Å²) >= 11 is 0. The number of rotatable bonds is 3. The fraction of sp³-hybridized carbons (Fsp3) is 0.471. The van der Waals surface area contributed by atoms with E-state index in [0.717, 1.165) is 4.90 Å². The van der Waals surface area contributed by atoms with Crippen molar-refractivity contribution < 1.29 is 23.1 Å². The monoisotopic (exact) mass is 334 g/mol. The lowest BCUT2D eigenvalue weighted by Gasteiger charge is -2.31. The Morgan fingerprint density at radius 3 is 2.62 bits per heavy atom. The highest BCUT2D eigenvalue weighted by atomic mass is 19.1. The van der Waals surface area contributed by atoms with Gasteiger partial charge in [-0.1, -0.05) is 26.0 Å². The molecule has 7 heteroatoms. The molecule has 0 aliphatic carbocycles. The van der Waals surface area contributed by atoms with E-state index in [9.17, 15) is 14.0 Å². The molecule has 1 aliphatic rings. The standard InChI is InChI=1S/C17H19FN2O4/c1-9(2)13-17(3,4)24-16(22)20(13)15(21)12(18)14-19-10-7-5-6-8-11(10)23-14/h5-9,12-13H,1-4H3/t12-,13-/m0/s1. The van der Waals surface area contributed by atoms with Gasteiger partial charge in [0.15, 0.2) is 5.58 Å². The average molecular weight is 334 g/mol. The topological polar surface area (TPSA) is 72.6 Å². The summed E-state index contributed by atoms with van der Waals surface area (Å²) < 4.78 is 25.3. The molecular formula is C17H19FN2O4. The molecule has 0 radical (unpaired) electrons. The number of ether oxygens (including phenoxy) is 1. The maximum atomic E-state index is 14.7. The summed E-state index contributed by atoms with van der Waals surface area (Å²) in [6.45, 7) is 7.10. The van der Waals surface area contributed by atoms with E-state index in [2.05, 4.69) is 4.98 Å². The van der Waals surface area contributed by atoms with Gasteiger partial charge in [-0.15, -0.1) is 0 Å². The Bertz CT molecular complexity index is 766. The summed E-state index contributed by atoms with van der Waals surface area (Å²) in [7, 11) is 0. The average Bonchev–Trinajstić information content (AvgIpc) is 3.03. The zero-order chi connectivity index (χ0) is 17.6.